The summed E-state index contributed by atoms with van der Waals surface area (Å²) < 4.78 is 19.2. The van der Waals surface area contributed by atoms with E-state index in [2.05, 4.69) is 23.6 Å². The molecule has 0 radical (unpaired) electrons. The summed E-state index contributed by atoms with van der Waals surface area (Å²) in [7, 11) is 0. The van der Waals surface area contributed by atoms with Crippen LogP contribution in [0, 0.1) is 26.6 Å². The first kappa shape index (κ1) is 17.2. The summed E-state index contributed by atoms with van der Waals surface area (Å²) in [6, 6.07) is 11.0. The Bertz CT molecular complexity index is 703. The summed E-state index contributed by atoms with van der Waals surface area (Å²) in [6.07, 6.45) is 0. The monoisotopic (exact) mass is 332 g/mol. The maximum absolute atomic E-state index is 13.5. The topological polar surface area (TPSA) is 33.3 Å². The van der Waals surface area contributed by atoms with Gasteiger partial charge in [0.2, 0.25) is 0 Å². The van der Waals surface area contributed by atoms with E-state index in [4.69, 9.17) is 17.0 Å². The minimum absolute atomic E-state index is 0.254. The second-order valence-electron chi connectivity index (χ2n) is 5.46. The predicted molar refractivity (Wildman–Crippen MR) is 96.8 cm³/mol. The number of halogens is 1. The molecule has 0 heterocycles. The first-order valence-electron chi connectivity index (χ1n) is 7.47. The molecule has 23 heavy (non-hydrogen) atoms. The molecule has 0 aromatic heterocycles. The molecule has 0 saturated heterocycles. The number of benzene rings is 2. The Hall–Kier alpha value is -2.14. The molecular weight excluding hydrogens is 311 g/mol. The van der Waals surface area contributed by atoms with E-state index in [-0.39, 0.29) is 5.82 Å². The van der Waals surface area contributed by atoms with Crippen LogP contribution >= 0.6 is 12.2 Å². The lowest BCUT2D eigenvalue weighted by Crippen LogP contribution is -2.32. The third-order valence-electron chi connectivity index (χ3n) is 3.41. The highest BCUT2D eigenvalue weighted by atomic mass is 32.1. The molecule has 0 saturated carbocycles. The van der Waals surface area contributed by atoms with Gasteiger partial charge in [0.15, 0.2) is 5.11 Å². The Kier molecular flexibility index (Phi) is 5.93. The SMILES string of the molecule is Cc1ccc(OCCNC(=S)Nc2ccc(C)c(F)c2)c(C)c1. The van der Waals surface area contributed by atoms with Crippen molar-refractivity contribution in [3.63, 3.8) is 0 Å². The Morgan fingerprint density at radius 2 is 1.87 bits per heavy atom. The zero-order chi connectivity index (χ0) is 16.8. The standard InChI is InChI=1S/C18H21FN2OS/c1-12-4-7-17(14(3)10-12)22-9-8-20-18(23)21-15-6-5-13(2)16(19)11-15/h4-7,10-11H,8-9H2,1-3H3,(H2,20,21,23). The number of anilines is 1. The molecule has 3 nitrogen and oxygen atoms in total. The van der Waals surface area contributed by atoms with Crippen molar-refractivity contribution in [2.45, 2.75) is 20.8 Å². The van der Waals surface area contributed by atoms with Crippen LogP contribution in [-0.2, 0) is 0 Å². The van der Waals surface area contributed by atoms with Crippen LogP contribution < -0.4 is 15.4 Å². The van der Waals surface area contributed by atoms with Crippen LogP contribution in [0.25, 0.3) is 0 Å². The zero-order valence-electron chi connectivity index (χ0n) is 13.6. The van der Waals surface area contributed by atoms with Crippen LogP contribution in [-0.4, -0.2) is 18.3 Å². The largest absolute Gasteiger partial charge is 0.491 e. The molecule has 2 aromatic carbocycles. The van der Waals surface area contributed by atoms with E-state index in [1.807, 2.05) is 19.1 Å². The number of ether oxygens (including phenoxy) is 1. The van der Waals surface area contributed by atoms with Crippen molar-refractivity contribution in [1.82, 2.24) is 5.32 Å². The van der Waals surface area contributed by atoms with Crippen molar-refractivity contribution in [3.8, 4) is 5.75 Å². The van der Waals surface area contributed by atoms with Crippen molar-refractivity contribution in [1.29, 1.82) is 0 Å². The van der Waals surface area contributed by atoms with Gasteiger partial charge >= 0.3 is 0 Å². The van der Waals surface area contributed by atoms with E-state index >= 15 is 0 Å². The molecule has 122 valence electrons. The van der Waals surface area contributed by atoms with Gasteiger partial charge < -0.3 is 15.4 Å². The highest BCUT2D eigenvalue weighted by Crippen LogP contribution is 2.18. The average Bonchev–Trinajstić information content (AvgIpc) is 2.49. The fourth-order valence-electron chi connectivity index (χ4n) is 2.13. The lowest BCUT2D eigenvalue weighted by Gasteiger charge is -2.13. The van der Waals surface area contributed by atoms with Crippen LogP contribution in [0.4, 0.5) is 10.1 Å². The summed E-state index contributed by atoms with van der Waals surface area (Å²) in [5, 5.41) is 6.43. The maximum atomic E-state index is 13.5. The van der Waals surface area contributed by atoms with Crippen molar-refractivity contribution < 1.29 is 9.13 Å². The van der Waals surface area contributed by atoms with Gasteiger partial charge in [0.05, 0.1) is 6.54 Å². The van der Waals surface area contributed by atoms with E-state index in [9.17, 15) is 4.39 Å². The molecule has 2 aromatic rings. The predicted octanol–water partition coefficient (Wildman–Crippen LogP) is 4.12. The molecule has 5 heteroatoms. The van der Waals surface area contributed by atoms with E-state index in [0.29, 0.717) is 29.5 Å². The molecule has 0 atom stereocenters. The summed E-state index contributed by atoms with van der Waals surface area (Å²) in [6.45, 7) is 6.85. The molecule has 2 rings (SSSR count). The summed E-state index contributed by atoms with van der Waals surface area (Å²) in [5.41, 5.74) is 3.56. The van der Waals surface area contributed by atoms with E-state index in [1.54, 1.807) is 19.1 Å². The number of hydrogen-bond acceptors (Lipinski definition) is 2. The van der Waals surface area contributed by atoms with Gasteiger partial charge in [-0.2, -0.15) is 0 Å². The van der Waals surface area contributed by atoms with Gasteiger partial charge in [-0.3, -0.25) is 0 Å². The summed E-state index contributed by atoms with van der Waals surface area (Å²) in [4.78, 5) is 0. The second kappa shape index (κ2) is 7.92. The van der Waals surface area contributed by atoms with E-state index < -0.39 is 0 Å². The highest BCUT2D eigenvalue weighted by molar-refractivity contribution is 7.80. The van der Waals surface area contributed by atoms with Crippen LogP contribution in [0.5, 0.6) is 5.75 Å². The molecule has 0 aliphatic carbocycles. The fourth-order valence-corrected chi connectivity index (χ4v) is 2.35. The minimum atomic E-state index is -0.254. The van der Waals surface area contributed by atoms with Crippen LogP contribution in [0.2, 0.25) is 0 Å². The number of rotatable bonds is 5. The Balaban J connectivity index is 1.75. The number of thiocarbonyl (C=S) groups is 1. The number of aryl methyl sites for hydroxylation is 3. The third-order valence-corrected chi connectivity index (χ3v) is 3.65. The van der Waals surface area contributed by atoms with E-state index in [1.165, 1.54) is 11.6 Å². The van der Waals surface area contributed by atoms with Crippen molar-refractivity contribution >= 4 is 23.0 Å². The lowest BCUT2D eigenvalue weighted by atomic mass is 10.1. The molecule has 0 aliphatic rings. The molecule has 0 amide bonds. The molecule has 0 spiro atoms. The maximum Gasteiger partial charge on any atom is 0.170 e. The molecule has 0 unspecified atom stereocenters. The summed E-state index contributed by atoms with van der Waals surface area (Å²) in [5.74, 6) is 0.618. The molecule has 0 bridgehead atoms. The van der Waals surface area contributed by atoms with Crippen molar-refractivity contribution in [3.05, 3.63) is 58.9 Å². The van der Waals surface area contributed by atoms with Gasteiger partial charge in [-0.25, -0.2) is 4.39 Å². The molecule has 2 N–H and O–H groups in total. The van der Waals surface area contributed by atoms with Crippen LogP contribution in [0.1, 0.15) is 16.7 Å². The Labute approximate surface area is 141 Å². The van der Waals surface area contributed by atoms with Gasteiger partial charge in [0.1, 0.15) is 18.2 Å². The lowest BCUT2D eigenvalue weighted by molar-refractivity contribution is 0.320. The van der Waals surface area contributed by atoms with Gasteiger partial charge in [0, 0.05) is 5.69 Å². The number of hydrogen-bond donors (Lipinski definition) is 2. The molecule has 0 fully saturated rings. The average molecular weight is 332 g/mol. The van der Waals surface area contributed by atoms with Crippen molar-refractivity contribution in [2.24, 2.45) is 0 Å². The fraction of sp³-hybridized carbons (Fsp3) is 0.278. The van der Waals surface area contributed by atoms with Crippen molar-refractivity contribution in [2.75, 3.05) is 18.5 Å². The van der Waals surface area contributed by atoms with E-state index in [0.717, 1.165) is 11.3 Å². The van der Waals surface area contributed by atoms with Gasteiger partial charge in [-0.15, -0.1) is 0 Å². The zero-order valence-corrected chi connectivity index (χ0v) is 14.4. The minimum Gasteiger partial charge on any atom is -0.491 e. The normalized spacial score (nSPS) is 10.3. The van der Waals surface area contributed by atoms with Gasteiger partial charge in [-0.1, -0.05) is 23.8 Å². The van der Waals surface area contributed by atoms with Crippen LogP contribution in [0.15, 0.2) is 36.4 Å². The number of nitrogens with one attached hydrogen (secondary N) is 2. The smallest absolute Gasteiger partial charge is 0.170 e. The second-order valence-corrected chi connectivity index (χ2v) is 5.87. The van der Waals surface area contributed by atoms with Gasteiger partial charge in [-0.05, 0) is 62.3 Å². The quantitative estimate of drug-likeness (QED) is 0.637. The van der Waals surface area contributed by atoms with Gasteiger partial charge in [0.25, 0.3) is 0 Å². The first-order chi connectivity index (χ1) is 11.0. The molecular formula is C18H21FN2OS. The third kappa shape index (κ3) is 5.21. The molecule has 0 aliphatic heterocycles. The Morgan fingerprint density at radius 1 is 1.09 bits per heavy atom. The highest BCUT2D eigenvalue weighted by Gasteiger charge is 2.02. The summed E-state index contributed by atoms with van der Waals surface area (Å²) >= 11 is 5.18. The first-order valence-corrected chi connectivity index (χ1v) is 7.87. The van der Waals surface area contributed by atoms with Crippen LogP contribution in [0.3, 0.4) is 0 Å². The Morgan fingerprint density at radius 3 is 2.57 bits per heavy atom.